The number of ether oxygens (including phenoxy) is 2. The summed E-state index contributed by atoms with van der Waals surface area (Å²) in [5, 5.41) is 0. The van der Waals surface area contributed by atoms with Gasteiger partial charge in [0, 0.05) is 0 Å². The van der Waals surface area contributed by atoms with E-state index in [0.717, 1.165) is 32.4 Å². The summed E-state index contributed by atoms with van der Waals surface area (Å²) >= 11 is 0. The fourth-order valence-corrected chi connectivity index (χ4v) is 2.84. The molecule has 1 aliphatic heterocycles. The number of hydrogen-bond donors (Lipinski definition) is 1. The predicted molar refractivity (Wildman–Crippen MR) is 70.4 cm³/mol. The van der Waals surface area contributed by atoms with Crippen molar-refractivity contribution >= 4 is 0 Å². The lowest BCUT2D eigenvalue weighted by Gasteiger charge is -2.36. The molecule has 1 atom stereocenters. The third kappa shape index (κ3) is 2.44. The fourth-order valence-electron chi connectivity index (χ4n) is 2.84. The van der Waals surface area contributed by atoms with Gasteiger partial charge in [0.05, 0.1) is 19.3 Å². The SMILES string of the molecule is NCC1CC(OCC2OCCc3ccccc32)C1. The van der Waals surface area contributed by atoms with E-state index in [1.54, 1.807) is 0 Å². The number of rotatable bonds is 4. The predicted octanol–water partition coefficient (Wildman–Crippen LogP) is 2.05. The molecule has 3 heteroatoms. The Hall–Kier alpha value is -0.900. The third-order valence-corrected chi connectivity index (χ3v) is 4.10. The maximum Gasteiger partial charge on any atom is 0.106 e. The Bertz CT molecular complexity index is 401. The summed E-state index contributed by atoms with van der Waals surface area (Å²) in [6.45, 7) is 2.28. The summed E-state index contributed by atoms with van der Waals surface area (Å²) in [4.78, 5) is 0. The van der Waals surface area contributed by atoms with Crippen LogP contribution in [-0.4, -0.2) is 25.9 Å². The molecule has 0 aromatic heterocycles. The van der Waals surface area contributed by atoms with Gasteiger partial charge in [-0.15, -0.1) is 0 Å². The van der Waals surface area contributed by atoms with E-state index >= 15 is 0 Å². The van der Waals surface area contributed by atoms with E-state index in [1.807, 2.05) is 0 Å². The molecule has 0 spiro atoms. The van der Waals surface area contributed by atoms with E-state index in [9.17, 15) is 0 Å². The fraction of sp³-hybridized carbons (Fsp3) is 0.600. The zero-order valence-electron chi connectivity index (χ0n) is 10.7. The van der Waals surface area contributed by atoms with Crippen molar-refractivity contribution in [3.63, 3.8) is 0 Å². The van der Waals surface area contributed by atoms with Crippen LogP contribution in [0, 0.1) is 5.92 Å². The molecular formula is C15H21NO2. The minimum absolute atomic E-state index is 0.117. The van der Waals surface area contributed by atoms with Crippen molar-refractivity contribution in [3.05, 3.63) is 35.4 Å². The van der Waals surface area contributed by atoms with Gasteiger partial charge in [0.25, 0.3) is 0 Å². The lowest BCUT2D eigenvalue weighted by molar-refractivity contribution is -0.0859. The number of nitrogens with two attached hydrogens (primary N) is 1. The van der Waals surface area contributed by atoms with Gasteiger partial charge in [0.15, 0.2) is 0 Å². The molecule has 0 amide bonds. The number of benzene rings is 1. The average molecular weight is 247 g/mol. The molecule has 18 heavy (non-hydrogen) atoms. The van der Waals surface area contributed by atoms with Crippen LogP contribution in [0.1, 0.15) is 30.1 Å². The lowest BCUT2D eigenvalue weighted by atomic mass is 9.82. The Kier molecular flexibility index (Phi) is 3.64. The van der Waals surface area contributed by atoms with E-state index in [-0.39, 0.29) is 6.10 Å². The molecular weight excluding hydrogens is 226 g/mol. The van der Waals surface area contributed by atoms with Crippen molar-refractivity contribution in [2.75, 3.05) is 19.8 Å². The first kappa shape index (κ1) is 12.2. The molecule has 1 aromatic rings. The molecule has 1 unspecified atom stereocenters. The largest absolute Gasteiger partial charge is 0.375 e. The van der Waals surface area contributed by atoms with Crippen LogP contribution in [-0.2, 0) is 15.9 Å². The molecule has 2 aliphatic rings. The lowest BCUT2D eigenvalue weighted by Crippen LogP contribution is -2.37. The van der Waals surface area contributed by atoms with Crippen LogP contribution in [0.4, 0.5) is 0 Å². The molecule has 1 saturated carbocycles. The molecule has 1 heterocycles. The summed E-state index contributed by atoms with van der Waals surface area (Å²) in [5.74, 6) is 0.676. The minimum atomic E-state index is 0.117. The summed E-state index contributed by atoms with van der Waals surface area (Å²) in [6, 6.07) is 8.53. The zero-order chi connectivity index (χ0) is 12.4. The zero-order valence-corrected chi connectivity index (χ0v) is 10.7. The molecule has 0 radical (unpaired) electrons. The highest BCUT2D eigenvalue weighted by Crippen LogP contribution is 2.32. The third-order valence-electron chi connectivity index (χ3n) is 4.10. The summed E-state index contributed by atoms with van der Waals surface area (Å²) in [6.07, 6.45) is 3.77. The summed E-state index contributed by atoms with van der Waals surface area (Å²) in [5.41, 5.74) is 8.33. The standard InChI is InChI=1S/C15H21NO2/c16-9-11-7-13(8-11)18-10-15-14-4-2-1-3-12(14)5-6-17-15/h1-4,11,13,15H,5-10,16H2. The molecule has 2 N–H and O–H groups in total. The van der Waals surface area contributed by atoms with Gasteiger partial charge in [0.1, 0.15) is 6.10 Å². The first-order valence-corrected chi connectivity index (χ1v) is 6.88. The Morgan fingerprint density at radius 1 is 1.28 bits per heavy atom. The Balaban J connectivity index is 1.55. The second kappa shape index (κ2) is 5.39. The Morgan fingerprint density at radius 2 is 2.11 bits per heavy atom. The van der Waals surface area contributed by atoms with Crippen LogP contribution in [0.25, 0.3) is 0 Å². The average Bonchev–Trinajstić information content (AvgIpc) is 2.37. The monoisotopic (exact) mass is 247 g/mol. The highest BCUT2D eigenvalue weighted by atomic mass is 16.5. The smallest absolute Gasteiger partial charge is 0.106 e. The molecule has 1 aliphatic carbocycles. The van der Waals surface area contributed by atoms with Gasteiger partial charge in [-0.2, -0.15) is 0 Å². The van der Waals surface area contributed by atoms with E-state index in [0.29, 0.717) is 18.6 Å². The van der Waals surface area contributed by atoms with Crippen LogP contribution < -0.4 is 5.73 Å². The van der Waals surface area contributed by atoms with E-state index < -0.39 is 0 Å². The first-order chi connectivity index (χ1) is 8.86. The van der Waals surface area contributed by atoms with E-state index in [4.69, 9.17) is 15.2 Å². The maximum absolute atomic E-state index is 5.93. The molecule has 1 aromatic carbocycles. The van der Waals surface area contributed by atoms with E-state index in [2.05, 4.69) is 24.3 Å². The highest BCUT2D eigenvalue weighted by molar-refractivity contribution is 5.30. The topological polar surface area (TPSA) is 44.5 Å². The van der Waals surface area contributed by atoms with Crippen molar-refractivity contribution in [1.29, 1.82) is 0 Å². The van der Waals surface area contributed by atoms with Gasteiger partial charge in [-0.3, -0.25) is 0 Å². The van der Waals surface area contributed by atoms with Crippen molar-refractivity contribution < 1.29 is 9.47 Å². The number of hydrogen-bond acceptors (Lipinski definition) is 3. The maximum atomic E-state index is 5.93. The number of fused-ring (bicyclic) bond motifs is 1. The van der Waals surface area contributed by atoms with Crippen LogP contribution in [0.3, 0.4) is 0 Å². The molecule has 98 valence electrons. The first-order valence-electron chi connectivity index (χ1n) is 6.88. The molecule has 0 saturated heterocycles. The summed E-state index contributed by atoms with van der Waals surface area (Å²) in [7, 11) is 0. The van der Waals surface area contributed by atoms with Crippen LogP contribution in [0.5, 0.6) is 0 Å². The Labute approximate surface area is 108 Å². The quantitative estimate of drug-likeness (QED) is 0.885. The summed E-state index contributed by atoms with van der Waals surface area (Å²) < 4.78 is 11.8. The van der Waals surface area contributed by atoms with Gasteiger partial charge < -0.3 is 15.2 Å². The Morgan fingerprint density at radius 3 is 2.94 bits per heavy atom. The van der Waals surface area contributed by atoms with Gasteiger partial charge in [-0.1, -0.05) is 24.3 Å². The van der Waals surface area contributed by atoms with Crippen LogP contribution in [0.15, 0.2) is 24.3 Å². The van der Waals surface area contributed by atoms with Gasteiger partial charge in [0.2, 0.25) is 0 Å². The second-order valence-electron chi connectivity index (χ2n) is 5.34. The van der Waals surface area contributed by atoms with Gasteiger partial charge in [-0.25, -0.2) is 0 Å². The van der Waals surface area contributed by atoms with Crippen LogP contribution in [0.2, 0.25) is 0 Å². The van der Waals surface area contributed by atoms with Crippen molar-refractivity contribution in [3.8, 4) is 0 Å². The van der Waals surface area contributed by atoms with Gasteiger partial charge >= 0.3 is 0 Å². The van der Waals surface area contributed by atoms with Crippen LogP contribution >= 0.6 is 0 Å². The van der Waals surface area contributed by atoms with E-state index in [1.165, 1.54) is 11.1 Å². The molecule has 0 bridgehead atoms. The second-order valence-corrected chi connectivity index (χ2v) is 5.34. The normalized spacial score (nSPS) is 30.6. The highest BCUT2D eigenvalue weighted by Gasteiger charge is 2.30. The van der Waals surface area contributed by atoms with Crippen molar-refractivity contribution in [1.82, 2.24) is 0 Å². The molecule has 3 rings (SSSR count). The molecule has 3 nitrogen and oxygen atoms in total. The van der Waals surface area contributed by atoms with Gasteiger partial charge in [-0.05, 0) is 42.9 Å². The van der Waals surface area contributed by atoms with Crippen molar-refractivity contribution in [2.24, 2.45) is 11.7 Å². The minimum Gasteiger partial charge on any atom is -0.375 e. The van der Waals surface area contributed by atoms with Crippen molar-refractivity contribution in [2.45, 2.75) is 31.5 Å². The molecule has 1 fully saturated rings.